The molecule has 4 rings (SSSR count). The largest absolute Gasteiger partial charge is 0.478 e. The van der Waals surface area contributed by atoms with E-state index in [1.165, 1.54) is 0 Å². The molecule has 3 aromatic rings. The number of carboxylic acids is 1. The molecule has 2 N–H and O–H groups in total. The Labute approximate surface area is 140 Å². The van der Waals surface area contributed by atoms with Crippen LogP contribution in [-0.2, 0) is 0 Å². The summed E-state index contributed by atoms with van der Waals surface area (Å²) >= 11 is 0. The molecule has 0 saturated carbocycles. The third-order valence-electron chi connectivity index (χ3n) is 3.59. The molecule has 4 nitrogen and oxygen atoms in total. The molecule has 0 spiro atoms. The fourth-order valence-corrected chi connectivity index (χ4v) is 2.38. The molecule has 24 heavy (non-hydrogen) atoms. The highest BCUT2D eigenvalue weighted by Crippen LogP contribution is 2.24. The van der Waals surface area contributed by atoms with Crippen molar-refractivity contribution in [3.63, 3.8) is 0 Å². The number of hydrogen-bond donors (Lipinski definition) is 2. The minimum Gasteiger partial charge on any atom is -0.478 e. The molecule has 0 radical (unpaired) electrons. The number of ether oxygens (including phenoxy) is 1. The van der Waals surface area contributed by atoms with Crippen LogP contribution in [0, 0.1) is 0 Å². The van der Waals surface area contributed by atoms with Crippen LogP contribution < -0.4 is 10.1 Å². The van der Waals surface area contributed by atoms with E-state index in [-0.39, 0.29) is 0 Å². The molecule has 1 aliphatic rings. The number of benzene rings is 3. The molecular weight excluding hydrogens is 302 g/mol. The Morgan fingerprint density at radius 3 is 2.54 bits per heavy atom. The Hall–Kier alpha value is -3.27. The first-order valence-corrected chi connectivity index (χ1v) is 7.61. The average Bonchev–Trinajstić information content (AvgIpc) is 2.87. The van der Waals surface area contributed by atoms with Crippen LogP contribution in [0.1, 0.15) is 10.4 Å². The standard InChI is InChI=1S/C11H8O2.C9H9NO/c12-11(13)10-6-5-8-3-1-2-4-9(8)7-10;1-2-5-9-8(4-1)10-6-3-7-11-9/h1-7H,(H,12,13);1-5,7,10H,6H2. The van der Waals surface area contributed by atoms with Gasteiger partial charge in [-0.3, -0.25) is 0 Å². The molecule has 0 amide bonds. The van der Waals surface area contributed by atoms with Crippen molar-refractivity contribution < 1.29 is 14.6 Å². The zero-order chi connectivity index (χ0) is 16.8. The fraction of sp³-hybridized carbons (Fsp3) is 0.0500. The molecule has 0 bridgehead atoms. The normalized spacial score (nSPS) is 12.0. The van der Waals surface area contributed by atoms with Gasteiger partial charge in [0.15, 0.2) is 0 Å². The van der Waals surface area contributed by atoms with E-state index in [1.807, 2.05) is 60.7 Å². The lowest BCUT2D eigenvalue weighted by Crippen LogP contribution is -1.95. The quantitative estimate of drug-likeness (QED) is 0.691. The average molecular weight is 319 g/mol. The first-order chi connectivity index (χ1) is 11.7. The van der Waals surface area contributed by atoms with Crippen LogP contribution in [0.25, 0.3) is 10.8 Å². The molecule has 1 heterocycles. The first-order valence-electron chi connectivity index (χ1n) is 7.61. The zero-order valence-electron chi connectivity index (χ0n) is 13.0. The van der Waals surface area contributed by atoms with E-state index in [0.717, 1.165) is 28.8 Å². The van der Waals surface area contributed by atoms with Crippen molar-refractivity contribution in [2.75, 3.05) is 11.9 Å². The van der Waals surface area contributed by atoms with Gasteiger partial charge in [0.05, 0.1) is 17.5 Å². The van der Waals surface area contributed by atoms with Crippen LogP contribution in [0.2, 0.25) is 0 Å². The van der Waals surface area contributed by atoms with Gasteiger partial charge in [-0.2, -0.15) is 0 Å². The summed E-state index contributed by atoms with van der Waals surface area (Å²) in [5, 5.41) is 14.0. The number of carboxylic acid groups (broad SMARTS) is 1. The van der Waals surface area contributed by atoms with Crippen LogP contribution in [0.15, 0.2) is 79.1 Å². The van der Waals surface area contributed by atoms with E-state index in [9.17, 15) is 4.79 Å². The lowest BCUT2D eigenvalue weighted by atomic mass is 10.1. The number of aromatic carboxylic acids is 1. The fourth-order valence-electron chi connectivity index (χ4n) is 2.38. The predicted octanol–water partition coefficient (Wildman–Crippen LogP) is 4.54. The topological polar surface area (TPSA) is 58.6 Å². The van der Waals surface area contributed by atoms with Gasteiger partial charge in [0.25, 0.3) is 0 Å². The van der Waals surface area contributed by atoms with Crippen molar-refractivity contribution in [2.45, 2.75) is 0 Å². The Kier molecular flexibility index (Phi) is 4.77. The number of hydrogen-bond acceptors (Lipinski definition) is 3. The molecule has 1 aliphatic heterocycles. The van der Waals surface area contributed by atoms with Gasteiger partial charge in [0, 0.05) is 6.54 Å². The third-order valence-corrected chi connectivity index (χ3v) is 3.59. The molecule has 0 unspecified atom stereocenters. The molecule has 0 atom stereocenters. The second-order valence-corrected chi connectivity index (χ2v) is 5.23. The number of anilines is 1. The van der Waals surface area contributed by atoms with E-state index in [2.05, 4.69) is 5.32 Å². The molecule has 0 fully saturated rings. The van der Waals surface area contributed by atoms with Crippen molar-refractivity contribution in [3.05, 3.63) is 84.6 Å². The van der Waals surface area contributed by atoms with E-state index in [0.29, 0.717) is 5.56 Å². The van der Waals surface area contributed by atoms with Crippen LogP contribution in [0.5, 0.6) is 5.75 Å². The van der Waals surface area contributed by atoms with Crippen LogP contribution in [0.3, 0.4) is 0 Å². The maximum Gasteiger partial charge on any atom is 0.335 e. The Bertz CT molecular complexity index is 887. The summed E-state index contributed by atoms with van der Waals surface area (Å²) in [6.07, 6.45) is 3.65. The van der Waals surface area contributed by atoms with Crippen LogP contribution in [0.4, 0.5) is 5.69 Å². The molecule has 120 valence electrons. The van der Waals surface area contributed by atoms with Crippen molar-refractivity contribution in [2.24, 2.45) is 0 Å². The highest BCUT2D eigenvalue weighted by atomic mass is 16.5. The number of fused-ring (bicyclic) bond motifs is 2. The van der Waals surface area contributed by atoms with Gasteiger partial charge in [-0.25, -0.2) is 4.79 Å². The smallest absolute Gasteiger partial charge is 0.335 e. The third kappa shape index (κ3) is 3.73. The van der Waals surface area contributed by atoms with Gasteiger partial charge in [-0.15, -0.1) is 0 Å². The van der Waals surface area contributed by atoms with E-state index < -0.39 is 5.97 Å². The van der Waals surface area contributed by atoms with Crippen molar-refractivity contribution >= 4 is 22.4 Å². The van der Waals surface area contributed by atoms with Gasteiger partial charge in [-0.1, -0.05) is 42.5 Å². The molecular formula is C20H17NO3. The lowest BCUT2D eigenvalue weighted by Gasteiger charge is -2.04. The van der Waals surface area contributed by atoms with Crippen molar-refractivity contribution in [1.29, 1.82) is 0 Å². The maximum atomic E-state index is 10.6. The number of nitrogens with one attached hydrogen (secondary N) is 1. The number of para-hydroxylation sites is 2. The van der Waals surface area contributed by atoms with E-state index in [4.69, 9.17) is 9.84 Å². The molecule has 3 aromatic carbocycles. The molecule has 4 heteroatoms. The van der Waals surface area contributed by atoms with Gasteiger partial charge in [-0.05, 0) is 41.1 Å². The Balaban J connectivity index is 0.000000143. The van der Waals surface area contributed by atoms with Crippen LogP contribution >= 0.6 is 0 Å². The molecule has 0 aliphatic carbocycles. The SMILES string of the molecule is C1=COc2ccccc2NC1.O=C(O)c1ccc2ccccc2c1. The Morgan fingerprint density at radius 1 is 0.958 bits per heavy atom. The van der Waals surface area contributed by atoms with E-state index in [1.54, 1.807) is 18.4 Å². The molecule has 0 saturated heterocycles. The summed E-state index contributed by atoms with van der Waals surface area (Å²) in [5.74, 6) is 0.00648. The minimum absolute atomic E-state index is 0.332. The second kappa shape index (κ2) is 7.33. The van der Waals surface area contributed by atoms with Gasteiger partial charge in [0.2, 0.25) is 0 Å². The zero-order valence-corrected chi connectivity index (χ0v) is 13.0. The highest BCUT2D eigenvalue weighted by Gasteiger charge is 2.02. The van der Waals surface area contributed by atoms with E-state index >= 15 is 0 Å². The predicted molar refractivity (Wildman–Crippen MR) is 95.6 cm³/mol. The monoisotopic (exact) mass is 319 g/mol. The second-order valence-electron chi connectivity index (χ2n) is 5.23. The molecule has 0 aromatic heterocycles. The summed E-state index contributed by atoms with van der Waals surface area (Å²) in [6.45, 7) is 0.830. The summed E-state index contributed by atoms with van der Waals surface area (Å²) in [4.78, 5) is 10.6. The van der Waals surface area contributed by atoms with Gasteiger partial charge >= 0.3 is 5.97 Å². The number of rotatable bonds is 1. The lowest BCUT2D eigenvalue weighted by molar-refractivity contribution is 0.0697. The Morgan fingerprint density at radius 2 is 1.71 bits per heavy atom. The van der Waals surface area contributed by atoms with Crippen molar-refractivity contribution in [3.8, 4) is 5.75 Å². The summed E-state index contributed by atoms with van der Waals surface area (Å²) < 4.78 is 5.31. The highest BCUT2D eigenvalue weighted by molar-refractivity contribution is 5.94. The maximum absolute atomic E-state index is 10.6. The summed E-state index contributed by atoms with van der Waals surface area (Å²) in [6, 6.07) is 20.7. The number of carbonyl (C=O) groups is 1. The van der Waals surface area contributed by atoms with Crippen LogP contribution in [-0.4, -0.2) is 17.6 Å². The van der Waals surface area contributed by atoms with Gasteiger partial charge in [0.1, 0.15) is 5.75 Å². The van der Waals surface area contributed by atoms with Crippen molar-refractivity contribution in [1.82, 2.24) is 0 Å². The summed E-state index contributed by atoms with van der Waals surface area (Å²) in [7, 11) is 0. The van der Waals surface area contributed by atoms with Gasteiger partial charge < -0.3 is 15.2 Å². The summed E-state index contributed by atoms with van der Waals surface area (Å²) in [5.41, 5.74) is 1.39. The minimum atomic E-state index is -0.884. The first kappa shape index (κ1) is 15.6.